The summed E-state index contributed by atoms with van der Waals surface area (Å²) >= 11 is 0.688. The summed E-state index contributed by atoms with van der Waals surface area (Å²) in [6.07, 6.45) is -2.12. The number of aromatic amines is 2. The average Bonchev–Trinajstić information content (AvgIpc) is 1.80. The van der Waals surface area contributed by atoms with Gasteiger partial charge in [-0.3, -0.25) is 91.1 Å². The molecule has 3 saturated heterocycles. The van der Waals surface area contributed by atoms with E-state index in [1.54, 1.807) is 68.6 Å². The first-order chi connectivity index (χ1) is 62.3. The number of rotatable bonds is 25. The summed E-state index contributed by atoms with van der Waals surface area (Å²) in [6.45, 7) is 0.870. The number of thioether (sulfide) groups is 1. The van der Waals surface area contributed by atoms with Crippen LogP contribution in [-0.2, 0) is 110 Å². The lowest BCUT2D eigenvalue weighted by Crippen LogP contribution is -2.62. The smallest absolute Gasteiger partial charge is 0.303 e. The van der Waals surface area contributed by atoms with Crippen LogP contribution in [0.3, 0.4) is 0 Å². The number of aliphatic carboxylic acids is 1. The van der Waals surface area contributed by atoms with E-state index in [9.17, 15) is 83.1 Å². The second kappa shape index (κ2) is 48.9. The number of nitrogens with two attached hydrogens (primary N) is 3. The van der Waals surface area contributed by atoms with Gasteiger partial charge in [0.1, 0.15) is 90.3 Å². The number of carboxylic acid groups (broad SMARTS) is 1. The molecule has 0 saturated carbocycles. The Morgan fingerprint density at radius 1 is 0.496 bits per heavy atom. The predicted molar refractivity (Wildman–Crippen MR) is 471 cm³/mol. The maximum absolute atomic E-state index is 15.6. The monoisotopic (exact) mass is 1850 g/mol. The number of benzene rings is 3. The lowest BCUT2D eigenvalue weighted by atomic mass is 10.00. The molecule has 5 aromatic rings. The van der Waals surface area contributed by atoms with Crippen LogP contribution in [-0.4, -0.2) is 328 Å². The molecule has 15 atom stereocenters. The summed E-state index contributed by atoms with van der Waals surface area (Å²) < 4.78 is 0. The molecule has 3 aromatic carbocycles. The minimum Gasteiger partial charge on any atom is -0.508 e. The van der Waals surface area contributed by atoms with E-state index >= 15 is 33.6 Å². The standard InChI is InChI=1S/C86H118N20O24S/c1-7-9-20-64-79(123)94-55(28-30-72(115)116)75(119)101-63(74(118)92-39-70(89)113)43-131-44-71(114)93-58(32-46-23-25-49(109)26-24-46)82(126)102(4)45(3)73(117)97-60(36-69(88)112)85(129)105-31-15-22-65(105)80(124)100-62(42-108)77(121)95-56(27-29-68(87)111)84(128)106-40-50(110)35-67(106)81(125)96-57(33-47-37-90-53-18-13-11-16-51(47)53)76(120)99-61(41-107)78(122)98-59(34-48-38-91-54-19-14-12-17-52(48)54)83(127)104(6)66(21-10-8-2)86(130)103(64)5/h11-14,16-19,23-26,37-38,45,50,55-67,90-91,107-110H,7-10,15,20-22,27-36,39-44H2,1-6H3,(H2,87,111)(H2,88,112)(H2,89,113)(H,92,118)(H,93,114)(H,94,123)(H,95,121)(H,96,125)(H,97,117)(H,98,122)(H,99,120)(H,100,124)(H,101,119)(H,115,116)/t45-,50+,55-,56-,57-,58-,59-,60-,61-,62-,63-,64-,65-,66-,67-/m0/s1. The summed E-state index contributed by atoms with van der Waals surface area (Å²) in [5, 5.41) is 79.4. The van der Waals surface area contributed by atoms with Crippen LogP contribution in [0, 0.1) is 0 Å². The summed E-state index contributed by atoms with van der Waals surface area (Å²) in [7, 11) is 3.72. The van der Waals surface area contributed by atoms with E-state index in [1.807, 2.05) is 0 Å². The molecular weight excluding hydrogens is 1730 g/mol. The number of phenols is 1. The number of phenolic OH excluding ortho intramolecular Hbond substituents is 1. The second-order valence-electron chi connectivity index (χ2n) is 32.7. The molecule has 0 aliphatic carbocycles. The van der Waals surface area contributed by atoms with Crippen molar-refractivity contribution in [3.05, 3.63) is 102 Å². The molecule has 3 aliphatic rings. The Hall–Kier alpha value is -13.3. The highest BCUT2D eigenvalue weighted by Gasteiger charge is 2.47. The fourth-order valence-corrected chi connectivity index (χ4v) is 16.6. The number of hydrogen-bond acceptors (Lipinski definition) is 24. The van der Waals surface area contributed by atoms with Crippen LogP contribution in [0.15, 0.2) is 85.2 Å². The molecular formula is C86H118N20O24S. The number of carboxylic acids is 1. The molecule has 712 valence electrons. The molecule has 8 rings (SSSR count). The largest absolute Gasteiger partial charge is 0.508 e. The van der Waals surface area contributed by atoms with Crippen molar-refractivity contribution < 1.29 is 117 Å². The van der Waals surface area contributed by atoms with Crippen molar-refractivity contribution >= 4 is 146 Å². The van der Waals surface area contributed by atoms with Gasteiger partial charge in [0.15, 0.2) is 0 Å². The third-order valence-electron chi connectivity index (χ3n) is 23.2. The number of nitrogens with zero attached hydrogens (tertiary/aromatic N) is 5. The molecule has 5 heterocycles. The Morgan fingerprint density at radius 3 is 1.57 bits per heavy atom. The number of amides is 18. The molecule has 44 nitrogen and oxygen atoms in total. The van der Waals surface area contributed by atoms with Crippen LogP contribution in [0.5, 0.6) is 5.75 Å². The second-order valence-corrected chi connectivity index (χ2v) is 33.7. The van der Waals surface area contributed by atoms with Gasteiger partial charge in [-0.25, -0.2) is 0 Å². The number of nitrogens with one attached hydrogen (secondary N) is 12. The lowest BCUT2D eigenvalue weighted by molar-refractivity contribution is -0.149. The zero-order chi connectivity index (χ0) is 96.2. The Morgan fingerprint density at radius 2 is 0.992 bits per heavy atom. The predicted octanol–water partition coefficient (Wildman–Crippen LogP) is -5.08. The molecule has 0 spiro atoms. The van der Waals surface area contributed by atoms with Crippen LogP contribution in [0.1, 0.15) is 127 Å². The summed E-state index contributed by atoms with van der Waals surface area (Å²) in [5.74, 6) is -21.7. The minimum absolute atomic E-state index is 0.0646. The van der Waals surface area contributed by atoms with Crippen molar-refractivity contribution in [2.75, 3.05) is 65.5 Å². The number of likely N-dealkylation sites (N-methyl/N-ethyl adjacent to an activating group) is 3. The van der Waals surface area contributed by atoms with Gasteiger partial charge in [0, 0.05) is 113 Å². The number of unbranched alkanes of at least 4 members (excludes halogenated alkanes) is 2. The molecule has 3 aliphatic heterocycles. The molecule has 131 heavy (non-hydrogen) atoms. The van der Waals surface area contributed by atoms with E-state index in [0.717, 1.165) is 31.5 Å². The van der Waals surface area contributed by atoms with Gasteiger partial charge in [-0.1, -0.05) is 88.1 Å². The highest BCUT2D eigenvalue weighted by atomic mass is 32.2. The maximum atomic E-state index is 15.6. The van der Waals surface area contributed by atoms with Gasteiger partial charge < -0.3 is 130 Å². The van der Waals surface area contributed by atoms with Crippen molar-refractivity contribution in [3.63, 3.8) is 0 Å². The number of H-pyrrole nitrogens is 2. The molecule has 0 unspecified atom stereocenters. The Bertz CT molecular complexity index is 4990. The van der Waals surface area contributed by atoms with Gasteiger partial charge in [0.05, 0.1) is 38.0 Å². The Labute approximate surface area is 757 Å². The van der Waals surface area contributed by atoms with Crippen molar-refractivity contribution in [2.24, 2.45) is 17.2 Å². The van der Waals surface area contributed by atoms with Crippen molar-refractivity contribution in [1.29, 1.82) is 0 Å². The topological polar surface area (TPSA) is 672 Å². The van der Waals surface area contributed by atoms with E-state index in [4.69, 9.17) is 17.2 Å². The number of primary amides is 3. The quantitative estimate of drug-likeness (QED) is 0.0260. The maximum Gasteiger partial charge on any atom is 0.303 e. The van der Waals surface area contributed by atoms with Gasteiger partial charge in [0.25, 0.3) is 0 Å². The fourth-order valence-electron chi connectivity index (χ4n) is 15.7. The molecule has 3 fully saturated rings. The first kappa shape index (κ1) is 103. The van der Waals surface area contributed by atoms with E-state index in [-0.39, 0.29) is 70.1 Å². The van der Waals surface area contributed by atoms with Crippen molar-refractivity contribution in [2.45, 2.75) is 221 Å². The molecule has 45 heteroatoms. The van der Waals surface area contributed by atoms with Crippen LogP contribution in [0.25, 0.3) is 21.8 Å². The highest BCUT2D eigenvalue weighted by Crippen LogP contribution is 2.28. The van der Waals surface area contributed by atoms with Gasteiger partial charge >= 0.3 is 5.97 Å². The fraction of sp³-hybridized carbons (Fsp3) is 0.523. The third kappa shape index (κ3) is 28.6. The number of carbonyl (C=O) groups excluding carboxylic acids is 18. The number of aliphatic hydroxyl groups excluding tert-OH is 3. The molecule has 23 N–H and O–H groups in total. The van der Waals surface area contributed by atoms with E-state index < -0.39 is 279 Å². The minimum atomic E-state index is -1.96. The summed E-state index contributed by atoms with van der Waals surface area (Å²) in [5.41, 5.74) is 19.0. The van der Waals surface area contributed by atoms with E-state index in [1.165, 1.54) is 51.5 Å². The van der Waals surface area contributed by atoms with Gasteiger partial charge in [-0.05, 0) is 86.4 Å². The number of aliphatic hydroxyl groups is 3. The number of carbonyl (C=O) groups is 19. The number of para-hydroxylation sites is 2. The van der Waals surface area contributed by atoms with E-state index in [2.05, 4.69) is 63.1 Å². The van der Waals surface area contributed by atoms with Crippen LogP contribution in [0.4, 0.5) is 0 Å². The van der Waals surface area contributed by atoms with Crippen molar-refractivity contribution in [3.8, 4) is 5.75 Å². The van der Waals surface area contributed by atoms with Crippen molar-refractivity contribution in [1.82, 2.24) is 87.6 Å². The summed E-state index contributed by atoms with van der Waals surface area (Å²) in [6, 6.07) is -4.57. The number of hydrogen-bond donors (Lipinski definition) is 20. The van der Waals surface area contributed by atoms with Crippen LogP contribution < -0.4 is 70.4 Å². The molecule has 0 radical (unpaired) electrons. The van der Waals surface area contributed by atoms with E-state index in [0.29, 0.717) is 63.1 Å². The average molecular weight is 1850 g/mol. The van der Waals surface area contributed by atoms with Gasteiger partial charge in [0.2, 0.25) is 106 Å². The summed E-state index contributed by atoms with van der Waals surface area (Å²) in [4.78, 5) is 283. The van der Waals surface area contributed by atoms with Crippen LogP contribution >= 0.6 is 11.8 Å². The highest BCUT2D eigenvalue weighted by molar-refractivity contribution is 8.00. The SMILES string of the molecule is CCCC[C@H]1C(=O)N(C)[C@@H](CCCC)C(=O)N[C@@H](CCC(=O)O)C(=O)N[C@H](C(=O)NCC(N)=O)CSCC(=O)N[C@@H](Cc2ccc(O)cc2)C(=O)N(C)[C@@H](C)C(=O)N[C@@H](CC(N)=O)C(=O)N2CCC[C@H]2C(=O)N[C@@H](CO)C(=O)N[C@@H](CCC(N)=O)C(=O)N2C[C@H](O)C[C@H]2C(=O)N[C@@H](Cc2c[nH]c3ccccc23)C(=O)N[C@@H](CO)C(=O)N[C@@H](Cc2c[nH]c3ccccc23)C(=O)N1C. The molecule has 18 amide bonds. The molecule has 2 aromatic heterocycles. The number of aromatic hydroxyl groups is 1. The Balaban J connectivity index is 1.19. The van der Waals surface area contributed by atoms with Crippen LogP contribution in [0.2, 0.25) is 0 Å². The number of fused-ring (bicyclic) bond motifs is 4. The van der Waals surface area contributed by atoms with Gasteiger partial charge in [-0.15, -0.1) is 11.8 Å². The van der Waals surface area contributed by atoms with Gasteiger partial charge in [-0.2, -0.15) is 0 Å². The number of aromatic nitrogens is 2. The third-order valence-corrected chi connectivity index (χ3v) is 24.2. The Kier molecular flexibility index (Phi) is 38.5. The molecule has 0 bridgehead atoms. The normalized spacial score (nSPS) is 25.1. The zero-order valence-electron chi connectivity index (χ0n) is 73.6. The zero-order valence-corrected chi connectivity index (χ0v) is 74.4. The lowest BCUT2D eigenvalue weighted by Gasteiger charge is -2.36. The first-order valence-electron chi connectivity index (χ1n) is 43.1. The first-order valence-corrected chi connectivity index (χ1v) is 44.3.